The van der Waals surface area contributed by atoms with Crippen molar-refractivity contribution in [2.45, 2.75) is 13.5 Å². The zero-order valence-electron chi connectivity index (χ0n) is 17.9. The van der Waals surface area contributed by atoms with Gasteiger partial charge in [-0.3, -0.25) is 4.79 Å². The first-order valence-electron chi connectivity index (χ1n) is 10.0. The van der Waals surface area contributed by atoms with Crippen LogP contribution in [-0.2, 0) is 11.4 Å². The Morgan fingerprint density at radius 2 is 1.82 bits per heavy atom. The Kier molecular flexibility index (Phi) is 6.72. The van der Waals surface area contributed by atoms with Gasteiger partial charge in [-0.25, -0.2) is 9.69 Å². The Labute approximate surface area is 204 Å². The highest BCUT2D eigenvalue weighted by atomic mass is 79.9. The monoisotopic (exact) mass is 526 g/mol. The molecule has 6 nitrogen and oxygen atoms in total. The van der Waals surface area contributed by atoms with E-state index in [4.69, 9.17) is 21.1 Å². The van der Waals surface area contributed by atoms with Crippen molar-refractivity contribution < 1.29 is 19.1 Å². The number of methoxy groups -OCH3 is 1. The molecule has 0 aliphatic carbocycles. The molecule has 0 saturated carbocycles. The summed E-state index contributed by atoms with van der Waals surface area (Å²) < 4.78 is 12.1. The summed E-state index contributed by atoms with van der Waals surface area (Å²) in [7, 11) is 1.54. The van der Waals surface area contributed by atoms with Crippen LogP contribution in [0.25, 0.3) is 6.08 Å². The Morgan fingerprint density at radius 1 is 1.06 bits per heavy atom. The minimum atomic E-state index is -0.547. The van der Waals surface area contributed by atoms with E-state index in [1.165, 1.54) is 5.56 Å². The highest BCUT2D eigenvalue weighted by molar-refractivity contribution is 9.10. The fourth-order valence-corrected chi connectivity index (χ4v) is 3.94. The molecule has 4 rings (SSSR count). The lowest BCUT2D eigenvalue weighted by Crippen LogP contribution is -2.30. The van der Waals surface area contributed by atoms with Gasteiger partial charge in [0.05, 0.1) is 12.8 Å². The minimum Gasteiger partial charge on any atom is -0.493 e. The maximum atomic E-state index is 12.9. The molecule has 0 spiro atoms. The van der Waals surface area contributed by atoms with Crippen LogP contribution in [-0.4, -0.2) is 19.0 Å². The van der Waals surface area contributed by atoms with Gasteiger partial charge in [-0.1, -0.05) is 63.4 Å². The quantitative estimate of drug-likeness (QED) is 0.311. The summed E-state index contributed by atoms with van der Waals surface area (Å²) in [4.78, 5) is 26.4. The SMILES string of the molecule is COc1cc(/C=C2/NC(=O)N(c3cccc(Cl)c3)C2=O)c(Br)cc1OCc1ccc(C)cc1. The van der Waals surface area contributed by atoms with Crippen molar-refractivity contribution in [2.24, 2.45) is 0 Å². The molecule has 8 heteroatoms. The number of nitrogens with one attached hydrogen (secondary N) is 1. The van der Waals surface area contributed by atoms with Gasteiger partial charge < -0.3 is 14.8 Å². The van der Waals surface area contributed by atoms with E-state index in [0.717, 1.165) is 10.5 Å². The van der Waals surface area contributed by atoms with Gasteiger partial charge in [-0.15, -0.1) is 0 Å². The second-order valence-corrected chi connectivity index (χ2v) is 8.70. The Balaban J connectivity index is 1.58. The van der Waals surface area contributed by atoms with Crippen LogP contribution in [0, 0.1) is 6.92 Å². The lowest BCUT2D eigenvalue weighted by atomic mass is 10.1. The number of rotatable bonds is 6. The van der Waals surface area contributed by atoms with Crippen molar-refractivity contribution in [1.29, 1.82) is 0 Å². The number of benzene rings is 3. The molecule has 168 valence electrons. The molecule has 1 aliphatic rings. The third-order valence-corrected chi connectivity index (χ3v) is 5.96. The molecule has 0 aromatic heterocycles. The van der Waals surface area contributed by atoms with Gasteiger partial charge in [0.25, 0.3) is 5.91 Å². The Hall–Kier alpha value is -3.29. The van der Waals surface area contributed by atoms with Gasteiger partial charge >= 0.3 is 6.03 Å². The number of urea groups is 1. The molecule has 1 N–H and O–H groups in total. The number of halogens is 2. The van der Waals surface area contributed by atoms with Crippen LogP contribution in [0.3, 0.4) is 0 Å². The number of aryl methyl sites for hydroxylation is 1. The standard InChI is InChI=1S/C25H20BrClN2O4/c1-15-6-8-16(9-7-15)14-33-23-13-20(26)17(11-22(23)32-2)10-21-24(30)29(25(31)28-21)19-5-3-4-18(27)12-19/h3-13H,14H2,1-2H3,(H,28,31)/b21-10+. The number of anilines is 1. The van der Waals surface area contributed by atoms with E-state index in [-0.39, 0.29) is 5.70 Å². The van der Waals surface area contributed by atoms with Crippen molar-refractivity contribution in [3.63, 3.8) is 0 Å². The third kappa shape index (κ3) is 5.05. The summed E-state index contributed by atoms with van der Waals surface area (Å²) >= 11 is 9.53. The Bertz CT molecular complexity index is 1260. The molecular weight excluding hydrogens is 508 g/mol. The van der Waals surface area contributed by atoms with Gasteiger partial charge in [0.2, 0.25) is 0 Å². The molecule has 0 radical (unpaired) electrons. The molecule has 0 atom stereocenters. The summed E-state index contributed by atoms with van der Waals surface area (Å²) in [5, 5.41) is 3.04. The summed E-state index contributed by atoms with van der Waals surface area (Å²) in [6, 6.07) is 17.6. The number of carbonyl (C=O) groups excluding carboxylic acids is 2. The molecule has 3 amide bonds. The fraction of sp³-hybridized carbons (Fsp3) is 0.120. The smallest absolute Gasteiger partial charge is 0.333 e. The van der Waals surface area contributed by atoms with Gasteiger partial charge in [0, 0.05) is 9.50 Å². The van der Waals surface area contributed by atoms with Crippen LogP contribution >= 0.6 is 27.5 Å². The number of ether oxygens (including phenoxy) is 2. The molecule has 33 heavy (non-hydrogen) atoms. The average molecular weight is 528 g/mol. The summed E-state index contributed by atoms with van der Waals surface area (Å²) in [5.74, 6) is 0.572. The highest BCUT2D eigenvalue weighted by Crippen LogP contribution is 2.35. The van der Waals surface area contributed by atoms with Crippen LogP contribution in [0.5, 0.6) is 11.5 Å². The van der Waals surface area contributed by atoms with Gasteiger partial charge in [-0.2, -0.15) is 0 Å². The van der Waals surface area contributed by atoms with Crippen LogP contribution in [0.4, 0.5) is 10.5 Å². The lowest BCUT2D eigenvalue weighted by Gasteiger charge is -2.13. The summed E-state index contributed by atoms with van der Waals surface area (Å²) in [5.41, 5.74) is 3.39. The molecule has 1 heterocycles. The van der Waals surface area contributed by atoms with Crippen molar-refractivity contribution >= 4 is 51.2 Å². The number of amides is 3. The van der Waals surface area contributed by atoms with Crippen molar-refractivity contribution in [2.75, 3.05) is 12.0 Å². The molecule has 3 aromatic rings. The molecule has 1 saturated heterocycles. The first-order valence-corrected chi connectivity index (χ1v) is 11.2. The highest BCUT2D eigenvalue weighted by Gasteiger charge is 2.35. The van der Waals surface area contributed by atoms with Crippen molar-refractivity contribution in [1.82, 2.24) is 5.32 Å². The zero-order chi connectivity index (χ0) is 23.5. The van der Waals surface area contributed by atoms with E-state index >= 15 is 0 Å². The number of hydrogen-bond donors (Lipinski definition) is 1. The molecule has 1 aliphatic heterocycles. The van der Waals surface area contributed by atoms with Crippen molar-refractivity contribution in [3.8, 4) is 11.5 Å². The van der Waals surface area contributed by atoms with E-state index in [1.807, 2.05) is 31.2 Å². The molecule has 3 aromatic carbocycles. The lowest BCUT2D eigenvalue weighted by molar-refractivity contribution is -0.113. The van der Waals surface area contributed by atoms with Gasteiger partial charge in [-0.05, 0) is 54.5 Å². The second-order valence-electron chi connectivity index (χ2n) is 7.41. The summed E-state index contributed by atoms with van der Waals surface area (Å²) in [6.45, 7) is 2.41. The maximum Gasteiger partial charge on any atom is 0.333 e. The number of imide groups is 1. The minimum absolute atomic E-state index is 0.135. The molecule has 0 bridgehead atoms. The van der Waals surface area contributed by atoms with Gasteiger partial charge in [0.1, 0.15) is 12.3 Å². The number of carbonyl (C=O) groups is 2. The second kappa shape index (κ2) is 9.68. The van der Waals surface area contributed by atoms with Gasteiger partial charge in [0.15, 0.2) is 11.5 Å². The first-order chi connectivity index (χ1) is 15.9. The molecule has 0 unspecified atom stereocenters. The third-order valence-electron chi connectivity index (χ3n) is 5.04. The number of hydrogen-bond acceptors (Lipinski definition) is 4. The fourth-order valence-electron chi connectivity index (χ4n) is 3.32. The Morgan fingerprint density at radius 3 is 2.52 bits per heavy atom. The topological polar surface area (TPSA) is 67.9 Å². The zero-order valence-corrected chi connectivity index (χ0v) is 20.2. The predicted molar refractivity (Wildman–Crippen MR) is 132 cm³/mol. The van der Waals surface area contributed by atoms with Crippen LogP contribution in [0.2, 0.25) is 5.02 Å². The van der Waals surface area contributed by atoms with E-state index in [9.17, 15) is 9.59 Å². The van der Waals surface area contributed by atoms with Crippen LogP contribution in [0.15, 0.2) is 70.8 Å². The molecule has 1 fully saturated rings. The van der Waals surface area contributed by atoms with E-state index < -0.39 is 11.9 Å². The predicted octanol–water partition coefficient (Wildman–Crippen LogP) is 6.10. The summed E-state index contributed by atoms with van der Waals surface area (Å²) in [6.07, 6.45) is 1.58. The van der Waals surface area contributed by atoms with Crippen molar-refractivity contribution in [3.05, 3.63) is 92.5 Å². The number of nitrogens with zero attached hydrogens (tertiary/aromatic N) is 1. The van der Waals surface area contributed by atoms with Crippen LogP contribution < -0.4 is 19.7 Å². The van der Waals surface area contributed by atoms with Crippen LogP contribution in [0.1, 0.15) is 16.7 Å². The average Bonchev–Trinajstić information content (AvgIpc) is 3.07. The maximum absolute atomic E-state index is 12.9. The first kappa shape index (κ1) is 22.9. The molecular formula is C25H20BrClN2O4. The van der Waals surface area contributed by atoms with E-state index in [1.54, 1.807) is 49.6 Å². The van der Waals surface area contributed by atoms with E-state index in [0.29, 0.717) is 38.9 Å². The normalized spacial score (nSPS) is 14.5. The van der Waals surface area contributed by atoms with E-state index in [2.05, 4.69) is 21.2 Å². The largest absolute Gasteiger partial charge is 0.493 e.